The molecule has 0 saturated carbocycles. The van der Waals surface area contributed by atoms with Gasteiger partial charge in [-0.05, 0) is 22.0 Å². The third kappa shape index (κ3) is 4.35. The summed E-state index contributed by atoms with van der Waals surface area (Å²) in [5.74, 6) is 0. The quantitative estimate of drug-likeness (QED) is 0.905. The molecule has 0 aliphatic carbocycles. The van der Waals surface area contributed by atoms with E-state index in [1.165, 1.54) is 11.3 Å². The Morgan fingerprint density at radius 3 is 2.54 bits per heavy atom. The minimum atomic E-state index is -2.33. The first-order valence-electron chi connectivity index (χ1n) is 3.37. The number of hydrogen-bond donors (Lipinski definition) is 1. The molecule has 1 aromatic heterocycles. The highest BCUT2D eigenvalue weighted by Gasteiger charge is 2.14. The molecule has 0 fully saturated rings. The minimum Gasteiger partial charge on any atom is -0.323 e. The van der Waals surface area contributed by atoms with E-state index < -0.39 is 12.5 Å². The van der Waals surface area contributed by atoms with Crippen LogP contribution < -0.4 is 5.73 Å². The highest BCUT2D eigenvalue weighted by atomic mass is 79.9. The molecule has 1 aromatic rings. The van der Waals surface area contributed by atoms with Crippen LogP contribution in [0.2, 0.25) is 0 Å². The molecule has 76 valence electrons. The summed E-state index contributed by atoms with van der Waals surface area (Å²) in [5, 5.41) is 1.83. The largest absolute Gasteiger partial charge is 0.323 e. The maximum Gasteiger partial charge on any atom is 0.240 e. The Labute approximate surface area is 93.9 Å². The van der Waals surface area contributed by atoms with Gasteiger partial charge in [-0.2, -0.15) is 0 Å². The average molecular weight is 293 g/mol. The highest BCUT2D eigenvalue weighted by Crippen LogP contribution is 2.27. The van der Waals surface area contributed by atoms with Gasteiger partial charge in [0.25, 0.3) is 0 Å². The Bertz CT molecular complexity index is 256. The molecule has 0 bridgehead atoms. The van der Waals surface area contributed by atoms with Crippen molar-refractivity contribution < 1.29 is 8.78 Å². The van der Waals surface area contributed by atoms with Crippen LogP contribution in [-0.2, 0) is 0 Å². The summed E-state index contributed by atoms with van der Waals surface area (Å²) >= 11 is 4.63. The standard InChI is InChI=1S/C7H8BrF2NS.ClH/c8-4-1-6(12-3-4)5(11)2-7(9)10;/h1,3,5,7H,2,11H2;1H/t5-;/m0./s1. The topological polar surface area (TPSA) is 26.0 Å². The third-order valence-electron chi connectivity index (χ3n) is 1.39. The van der Waals surface area contributed by atoms with Crippen molar-refractivity contribution in [2.24, 2.45) is 5.73 Å². The van der Waals surface area contributed by atoms with Gasteiger partial charge >= 0.3 is 0 Å². The fourth-order valence-corrected chi connectivity index (χ4v) is 2.29. The van der Waals surface area contributed by atoms with Crippen molar-refractivity contribution in [1.82, 2.24) is 0 Å². The Morgan fingerprint density at radius 2 is 2.15 bits per heavy atom. The zero-order valence-corrected chi connectivity index (χ0v) is 9.76. The van der Waals surface area contributed by atoms with Crippen molar-refractivity contribution in [1.29, 1.82) is 0 Å². The molecule has 0 radical (unpaired) electrons. The van der Waals surface area contributed by atoms with Gasteiger partial charge in [-0.3, -0.25) is 0 Å². The molecule has 1 nitrogen and oxygen atoms in total. The van der Waals surface area contributed by atoms with E-state index in [1.54, 1.807) is 6.07 Å². The maximum atomic E-state index is 11.9. The first kappa shape index (κ1) is 13.3. The number of rotatable bonds is 3. The van der Waals surface area contributed by atoms with Gasteiger partial charge in [-0.25, -0.2) is 8.78 Å². The first-order valence-corrected chi connectivity index (χ1v) is 5.04. The van der Waals surface area contributed by atoms with Gasteiger partial charge in [0.2, 0.25) is 6.43 Å². The van der Waals surface area contributed by atoms with E-state index in [0.29, 0.717) is 0 Å². The zero-order chi connectivity index (χ0) is 9.14. The van der Waals surface area contributed by atoms with Crippen LogP contribution in [0.25, 0.3) is 0 Å². The summed E-state index contributed by atoms with van der Waals surface area (Å²) in [6.45, 7) is 0. The number of nitrogens with two attached hydrogens (primary N) is 1. The summed E-state index contributed by atoms with van der Waals surface area (Å²) in [6.07, 6.45) is -2.60. The van der Waals surface area contributed by atoms with E-state index >= 15 is 0 Å². The monoisotopic (exact) mass is 291 g/mol. The molecule has 0 spiro atoms. The second-order valence-corrected chi connectivity index (χ2v) is 4.26. The van der Waals surface area contributed by atoms with Gasteiger partial charge in [0, 0.05) is 27.2 Å². The van der Waals surface area contributed by atoms with Gasteiger partial charge in [-0.15, -0.1) is 23.7 Å². The molecule has 0 unspecified atom stereocenters. The summed E-state index contributed by atoms with van der Waals surface area (Å²) in [5.41, 5.74) is 5.52. The average Bonchev–Trinajstić information content (AvgIpc) is 2.34. The normalized spacial score (nSPS) is 12.7. The van der Waals surface area contributed by atoms with Gasteiger partial charge < -0.3 is 5.73 Å². The van der Waals surface area contributed by atoms with Crippen molar-refractivity contribution >= 4 is 39.7 Å². The molecule has 2 N–H and O–H groups in total. The molecule has 1 heterocycles. The van der Waals surface area contributed by atoms with Crippen LogP contribution in [0.3, 0.4) is 0 Å². The van der Waals surface area contributed by atoms with E-state index in [-0.39, 0.29) is 18.8 Å². The fourth-order valence-electron chi connectivity index (χ4n) is 0.831. The lowest BCUT2D eigenvalue weighted by Crippen LogP contribution is -2.12. The van der Waals surface area contributed by atoms with Gasteiger partial charge in [0.05, 0.1) is 0 Å². The number of thiophene rings is 1. The van der Waals surface area contributed by atoms with E-state index in [0.717, 1.165) is 9.35 Å². The van der Waals surface area contributed by atoms with Crippen LogP contribution in [-0.4, -0.2) is 6.43 Å². The summed E-state index contributed by atoms with van der Waals surface area (Å²) in [6, 6.07) is 1.24. The second-order valence-electron chi connectivity index (χ2n) is 2.40. The van der Waals surface area contributed by atoms with Gasteiger partial charge in [-0.1, -0.05) is 0 Å². The molecule has 13 heavy (non-hydrogen) atoms. The second kappa shape index (κ2) is 5.90. The lowest BCUT2D eigenvalue weighted by atomic mass is 10.2. The van der Waals surface area contributed by atoms with E-state index in [4.69, 9.17) is 5.73 Å². The molecule has 0 aliphatic heterocycles. The van der Waals surface area contributed by atoms with E-state index in [9.17, 15) is 8.78 Å². The van der Waals surface area contributed by atoms with Crippen LogP contribution in [0.5, 0.6) is 0 Å². The Balaban J connectivity index is 0.00000144. The number of alkyl halides is 2. The highest BCUT2D eigenvalue weighted by molar-refractivity contribution is 9.10. The SMILES string of the molecule is Cl.N[C@@H](CC(F)F)c1cc(Br)cs1. The third-order valence-corrected chi connectivity index (χ3v) is 3.21. The smallest absolute Gasteiger partial charge is 0.240 e. The predicted octanol–water partition coefficient (Wildman–Crippen LogP) is 3.59. The fraction of sp³-hybridized carbons (Fsp3) is 0.429. The molecule has 0 aromatic carbocycles. The van der Waals surface area contributed by atoms with Crippen LogP contribution in [0.4, 0.5) is 8.78 Å². The van der Waals surface area contributed by atoms with Crippen LogP contribution >= 0.6 is 39.7 Å². The molecular formula is C7H9BrClF2NS. The lowest BCUT2D eigenvalue weighted by molar-refractivity contribution is 0.129. The molecule has 0 amide bonds. The first-order chi connectivity index (χ1) is 5.59. The van der Waals surface area contributed by atoms with Crippen LogP contribution in [0, 0.1) is 0 Å². The summed E-state index contributed by atoms with van der Waals surface area (Å²) < 4.78 is 24.7. The Hall–Kier alpha value is 0.290. The van der Waals surface area contributed by atoms with E-state index in [2.05, 4.69) is 15.9 Å². The van der Waals surface area contributed by atoms with Crippen LogP contribution in [0.1, 0.15) is 17.3 Å². The molecule has 0 aliphatic rings. The molecule has 1 atom stereocenters. The maximum absolute atomic E-state index is 11.9. The number of hydrogen-bond acceptors (Lipinski definition) is 2. The minimum absolute atomic E-state index is 0. The van der Waals surface area contributed by atoms with Crippen molar-refractivity contribution in [2.75, 3.05) is 0 Å². The Kier molecular flexibility index (Phi) is 6.04. The summed E-state index contributed by atoms with van der Waals surface area (Å²) in [4.78, 5) is 0.794. The van der Waals surface area contributed by atoms with Crippen molar-refractivity contribution in [3.8, 4) is 0 Å². The van der Waals surface area contributed by atoms with Crippen molar-refractivity contribution in [3.63, 3.8) is 0 Å². The van der Waals surface area contributed by atoms with Crippen molar-refractivity contribution in [2.45, 2.75) is 18.9 Å². The summed E-state index contributed by atoms with van der Waals surface area (Å²) in [7, 11) is 0. The zero-order valence-electron chi connectivity index (χ0n) is 6.54. The van der Waals surface area contributed by atoms with Crippen LogP contribution in [0.15, 0.2) is 15.9 Å². The Morgan fingerprint density at radius 1 is 1.54 bits per heavy atom. The number of halogens is 4. The predicted molar refractivity (Wildman–Crippen MR) is 56.8 cm³/mol. The molecular weight excluding hydrogens is 284 g/mol. The lowest BCUT2D eigenvalue weighted by Gasteiger charge is -2.07. The molecule has 6 heteroatoms. The van der Waals surface area contributed by atoms with E-state index in [1.807, 2.05) is 5.38 Å². The molecule has 0 saturated heterocycles. The van der Waals surface area contributed by atoms with Crippen molar-refractivity contribution in [3.05, 3.63) is 20.8 Å². The van der Waals surface area contributed by atoms with Gasteiger partial charge in [0.15, 0.2) is 0 Å². The van der Waals surface area contributed by atoms with Gasteiger partial charge in [0.1, 0.15) is 0 Å². The molecule has 1 rings (SSSR count).